The molecule has 2 fully saturated rings. The van der Waals surface area contributed by atoms with Crippen LogP contribution in [0.3, 0.4) is 0 Å². The molecule has 1 saturated carbocycles. The Bertz CT molecular complexity index is 956. The van der Waals surface area contributed by atoms with Crippen LogP contribution in [-0.4, -0.2) is 40.7 Å². The van der Waals surface area contributed by atoms with Crippen LogP contribution in [0.1, 0.15) is 95.2 Å². The summed E-state index contributed by atoms with van der Waals surface area (Å²) < 4.78 is 8.51. The summed E-state index contributed by atoms with van der Waals surface area (Å²) in [6, 6.07) is 7.79. The molecule has 0 unspecified atom stereocenters. The molecule has 0 bridgehead atoms. The van der Waals surface area contributed by atoms with Crippen LogP contribution in [0.25, 0.3) is 10.9 Å². The summed E-state index contributed by atoms with van der Waals surface area (Å²) in [4.78, 5) is 15.9. The van der Waals surface area contributed by atoms with Gasteiger partial charge in [-0.05, 0) is 82.5 Å². The highest BCUT2D eigenvalue weighted by Crippen LogP contribution is 2.46. The Morgan fingerprint density at radius 3 is 2.75 bits per heavy atom. The third-order valence-electron chi connectivity index (χ3n) is 8.25. The average Bonchev–Trinajstić information content (AvgIpc) is 3.18. The fourth-order valence-electron chi connectivity index (χ4n) is 6.59. The molecule has 1 aromatic carbocycles. The summed E-state index contributed by atoms with van der Waals surface area (Å²) in [5, 5.41) is 1.46. The molecule has 1 aromatic heterocycles. The molecule has 174 valence electrons. The number of nitrogens with zero attached hydrogens (tertiary/aromatic N) is 2. The van der Waals surface area contributed by atoms with E-state index in [0.29, 0.717) is 18.0 Å². The van der Waals surface area contributed by atoms with Gasteiger partial charge < -0.3 is 9.30 Å². The summed E-state index contributed by atoms with van der Waals surface area (Å²) in [6.45, 7) is 8.75. The van der Waals surface area contributed by atoms with Crippen molar-refractivity contribution < 1.29 is 9.53 Å². The second kappa shape index (κ2) is 9.21. The van der Waals surface area contributed by atoms with Crippen LogP contribution >= 0.6 is 0 Å². The Morgan fingerprint density at radius 1 is 1.19 bits per heavy atom. The Labute approximate surface area is 193 Å². The fraction of sp³-hybridized carbons (Fsp3) is 0.679. The second-order valence-corrected chi connectivity index (χ2v) is 10.8. The van der Waals surface area contributed by atoms with E-state index < -0.39 is 0 Å². The molecule has 4 nitrogen and oxygen atoms in total. The Hall–Kier alpha value is -1.81. The Morgan fingerprint density at radius 2 is 2.00 bits per heavy atom. The third kappa shape index (κ3) is 4.00. The minimum Gasteiger partial charge on any atom is -0.462 e. The predicted molar refractivity (Wildman–Crippen MR) is 130 cm³/mol. The lowest BCUT2D eigenvalue weighted by Gasteiger charge is -2.46. The van der Waals surface area contributed by atoms with E-state index >= 15 is 0 Å². The van der Waals surface area contributed by atoms with Gasteiger partial charge in [0.15, 0.2) is 0 Å². The lowest BCUT2D eigenvalue weighted by atomic mass is 9.72. The molecule has 4 heteroatoms. The molecule has 32 heavy (non-hydrogen) atoms. The minimum absolute atomic E-state index is 0.000904. The molecular formula is C28H40N2O2. The highest BCUT2D eigenvalue weighted by Gasteiger charge is 2.43. The van der Waals surface area contributed by atoms with Gasteiger partial charge in [0.25, 0.3) is 0 Å². The molecule has 3 aliphatic rings. The van der Waals surface area contributed by atoms with Crippen LogP contribution in [0.15, 0.2) is 24.4 Å². The van der Waals surface area contributed by atoms with Crippen molar-refractivity contribution in [1.82, 2.24) is 9.47 Å². The Balaban J connectivity index is 1.45. The SMILES string of the molecule is CCCCN1C[C@H](C(=O)OC2CCCCC2)C[C@@H]2c3cccc4c3c(cn4C(C)C)C[C@H]21. The maximum Gasteiger partial charge on any atom is 0.310 e. The van der Waals surface area contributed by atoms with Crippen molar-refractivity contribution in [2.24, 2.45) is 5.92 Å². The van der Waals surface area contributed by atoms with E-state index in [-0.39, 0.29) is 18.0 Å². The number of likely N-dealkylation sites (tertiary alicyclic amines) is 1. The molecule has 2 aromatic rings. The number of rotatable bonds is 6. The van der Waals surface area contributed by atoms with Crippen LogP contribution < -0.4 is 0 Å². The van der Waals surface area contributed by atoms with E-state index in [4.69, 9.17) is 4.74 Å². The summed E-state index contributed by atoms with van der Waals surface area (Å²) in [5.41, 5.74) is 4.32. The van der Waals surface area contributed by atoms with E-state index in [1.54, 1.807) is 0 Å². The van der Waals surface area contributed by atoms with Crippen molar-refractivity contribution in [2.75, 3.05) is 13.1 Å². The lowest BCUT2D eigenvalue weighted by Crippen LogP contribution is -2.52. The van der Waals surface area contributed by atoms with Gasteiger partial charge in [-0.25, -0.2) is 0 Å². The molecular weight excluding hydrogens is 396 g/mol. The molecule has 2 aliphatic carbocycles. The first-order valence-corrected chi connectivity index (χ1v) is 13.1. The van der Waals surface area contributed by atoms with Crippen LogP contribution in [0.4, 0.5) is 0 Å². The molecule has 0 spiro atoms. The standard InChI is InChI=1S/C28H40N2O2/c1-4-5-14-29-17-21(28(31)32-22-10-7-6-8-11-22)15-24-23-12-9-13-25-27(23)20(16-26(24)29)18-30(25)19(2)3/h9,12-13,18-19,21-22,24,26H,4-8,10-11,14-17H2,1-3H3/t21-,24-,26-/m1/s1. The van der Waals surface area contributed by atoms with Crippen molar-refractivity contribution in [2.45, 2.75) is 103 Å². The average molecular weight is 437 g/mol. The summed E-state index contributed by atoms with van der Waals surface area (Å²) >= 11 is 0. The maximum atomic E-state index is 13.3. The van der Waals surface area contributed by atoms with Crippen LogP contribution in [0, 0.1) is 5.92 Å². The second-order valence-electron chi connectivity index (χ2n) is 10.8. The number of piperidine rings is 1. The van der Waals surface area contributed by atoms with Gasteiger partial charge in [0.05, 0.1) is 5.92 Å². The molecule has 0 amide bonds. The maximum absolute atomic E-state index is 13.3. The summed E-state index contributed by atoms with van der Waals surface area (Å²) in [6.07, 6.45) is 12.8. The van der Waals surface area contributed by atoms with Crippen LogP contribution in [-0.2, 0) is 16.0 Å². The third-order valence-corrected chi connectivity index (χ3v) is 8.25. The number of carbonyl (C=O) groups excluding carboxylic acids is 1. The van der Waals surface area contributed by atoms with Crippen molar-refractivity contribution >= 4 is 16.9 Å². The smallest absolute Gasteiger partial charge is 0.310 e. The molecule has 5 rings (SSSR count). The van der Waals surface area contributed by atoms with Gasteiger partial charge in [-0.1, -0.05) is 31.9 Å². The van der Waals surface area contributed by atoms with Gasteiger partial charge in [0.2, 0.25) is 0 Å². The largest absolute Gasteiger partial charge is 0.462 e. The predicted octanol–water partition coefficient (Wildman–Crippen LogP) is 6.23. The number of hydrogen-bond donors (Lipinski definition) is 0. The molecule has 1 aliphatic heterocycles. The van der Waals surface area contributed by atoms with Gasteiger partial charge in [0.1, 0.15) is 6.10 Å². The molecule has 2 heterocycles. The van der Waals surface area contributed by atoms with Gasteiger partial charge >= 0.3 is 5.97 Å². The van der Waals surface area contributed by atoms with Crippen molar-refractivity contribution in [3.63, 3.8) is 0 Å². The molecule has 0 radical (unpaired) electrons. The molecule has 1 saturated heterocycles. The first-order valence-electron chi connectivity index (χ1n) is 13.1. The van der Waals surface area contributed by atoms with Gasteiger partial charge in [-0.2, -0.15) is 0 Å². The van der Waals surface area contributed by atoms with Gasteiger partial charge in [-0.15, -0.1) is 0 Å². The zero-order valence-corrected chi connectivity index (χ0v) is 20.2. The summed E-state index contributed by atoms with van der Waals surface area (Å²) in [7, 11) is 0. The van der Waals surface area contributed by atoms with E-state index in [0.717, 1.165) is 38.8 Å². The molecule has 0 N–H and O–H groups in total. The van der Waals surface area contributed by atoms with Gasteiger partial charge in [0, 0.05) is 41.6 Å². The Kier molecular flexibility index (Phi) is 6.33. The van der Waals surface area contributed by atoms with Crippen LogP contribution in [0.2, 0.25) is 0 Å². The minimum atomic E-state index is -0.000904. The van der Waals surface area contributed by atoms with E-state index in [1.165, 1.54) is 54.1 Å². The van der Waals surface area contributed by atoms with Crippen LogP contribution in [0.5, 0.6) is 0 Å². The topological polar surface area (TPSA) is 34.5 Å². The van der Waals surface area contributed by atoms with Gasteiger partial charge in [-0.3, -0.25) is 9.69 Å². The number of benzene rings is 1. The lowest BCUT2D eigenvalue weighted by molar-refractivity contribution is -0.158. The highest BCUT2D eigenvalue weighted by molar-refractivity contribution is 5.89. The van der Waals surface area contributed by atoms with Crippen molar-refractivity contribution in [3.8, 4) is 0 Å². The summed E-state index contributed by atoms with van der Waals surface area (Å²) in [5.74, 6) is 0.484. The first kappa shape index (κ1) is 22.0. The number of hydrogen-bond acceptors (Lipinski definition) is 3. The van der Waals surface area contributed by atoms with Crippen molar-refractivity contribution in [3.05, 3.63) is 35.5 Å². The normalized spacial score (nSPS) is 26.4. The number of fused-ring (bicyclic) bond motifs is 2. The first-order chi connectivity index (χ1) is 15.6. The zero-order chi connectivity index (χ0) is 22.2. The zero-order valence-electron chi connectivity index (χ0n) is 20.2. The number of unbranched alkanes of at least 4 members (excludes halogenated alkanes) is 1. The number of ether oxygens (including phenoxy) is 1. The monoisotopic (exact) mass is 436 g/mol. The van der Waals surface area contributed by atoms with E-state index in [2.05, 4.69) is 54.6 Å². The highest BCUT2D eigenvalue weighted by atomic mass is 16.5. The number of esters is 1. The number of aromatic nitrogens is 1. The number of carbonyl (C=O) groups is 1. The molecule has 3 atom stereocenters. The van der Waals surface area contributed by atoms with Crippen molar-refractivity contribution in [1.29, 1.82) is 0 Å². The quantitative estimate of drug-likeness (QED) is 0.504. The fourth-order valence-corrected chi connectivity index (χ4v) is 6.59. The van der Waals surface area contributed by atoms with E-state index in [9.17, 15) is 4.79 Å². The van der Waals surface area contributed by atoms with E-state index in [1.807, 2.05) is 0 Å².